The maximum atomic E-state index is 9.32. The average Bonchev–Trinajstić information content (AvgIpc) is 2.65. The van der Waals surface area contributed by atoms with Crippen LogP contribution in [0.2, 0.25) is 0 Å². The fourth-order valence-electron chi connectivity index (χ4n) is 2.65. The third-order valence-electron chi connectivity index (χ3n) is 4.09. The Kier molecular flexibility index (Phi) is 5.43. The number of pyridine rings is 1. The highest BCUT2D eigenvalue weighted by Gasteiger charge is 2.11. The fraction of sp³-hybridized carbons (Fsp3) is 0.250. The predicted molar refractivity (Wildman–Crippen MR) is 105 cm³/mol. The van der Waals surface area contributed by atoms with Crippen LogP contribution in [-0.4, -0.2) is 32.7 Å². The van der Waals surface area contributed by atoms with Gasteiger partial charge in [-0.05, 0) is 44.0 Å². The molecule has 0 bridgehead atoms. The average molecular weight is 349 g/mol. The summed E-state index contributed by atoms with van der Waals surface area (Å²) in [5.41, 5.74) is 5.06. The molecule has 0 aliphatic heterocycles. The zero-order valence-electron chi connectivity index (χ0n) is 15.2. The number of aliphatic hydroxyl groups is 1. The Morgan fingerprint density at radius 3 is 2.38 bits per heavy atom. The van der Waals surface area contributed by atoms with Gasteiger partial charge in [-0.2, -0.15) is 4.98 Å². The Balaban J connectivity index is 2.02. The second-order valence-electron chi connectivity index (χ2n) is 6.32. The molecule has 1 atom stereocenters. The van der Waals surface area contributed by atoms with Crippen molar-refractivity contribution in [2.75, 3.05) is 17.2 Å². The van der Waals surface area contributed by atoms with Gasteiger partial charge in [-0.15, -0.1) is 0 Å². The monoisotopic (exact) mass is 349 g/mol. The Morgan fingerprint density at radius 2 is 1.73 bits per heavy atom. The molecule has 2 heterocycles. The lowest BCUT2D eigenvalue weighted by Gasteiger charge is -2.16. The third-order valence-corrected chi connectivity index (χ3v) is 4.09. The molecular weight excluding hydrogens is 326 g/mol. The van der Waals surface area contributed by atoms with Gasteiger partial charge in [-0.3, -0.25) is 4.98 Å². The van der Waals surface area contributed by atoms with Crippen LogP contribution < -0.4 is 10.6 Å². The molecule has 3 N–H and O–H groups in total. The molecule has 0 radical (unpaired) electrons. The van der Waals surface area contributed by atoms with E-state index in [1.54, 1.807) is 12.4 Å². The number of para-hydroxylation sites is 1. The number of aliphatic hydroxyl groups excluding tert-OH is 1. The van der Waals surface area contributed by atoms with E-state index in [4.69, 9.17) is 0 Å². The van der Waals surface area contributed by atoms with Crippen molar-refractivity contribution in [1.29, 1.82) is 0 Å². The number of benzene rings is 1. The summed E-state index contributed by atoms with van der Waals surface area (Å²) in [5, 5.41) is 15.9. The van der Waals surface area contributed by atoms with Gasteiger partial charge in [0.25, 0.3) is 0 Å². The molecule has 0 spiro atoms. The zero-order valence-corrected chi connectivity index (χ0v) is 15.2. The van der Waals surface area contributed by atoms with E-state index in [2.05, 4.69) is 51.6 Å². The van der Waals surface area contributed by atoms with E-state index in [-0.39, 0.29) is 12.6 Å². The molecule has 3 rings (SSSR count). The molecule has 6 heteroatoms. The van der Waals surface area contributed by atoms with E-state index < -0.39 is 0 Å². The van der Waals surface area contributed by atoms with E-state index in [0.29, 0.717) is 11.8 Å². The van der Waals surface area contributed by atoms with Crippen molar-refractivity contribution >= 4 is 17.5 Å². The Labute approximate surface area is 153 Å². The van der Waals surface area contributed by atoms with Crippen molar-refractivity contribution in [3.8, 4) is 11.3 Å². The van der Waals surface area contributed by atoms with E-state index in [1.807, 2.05) is 31.2 Å². The highest BCUT2D eigenvalue weighted by atomic mass is 16.3. The summed E-state index contributed by atoms with van der Waals surface area (Å²) in [6.07, 6.45) is 3.47. The number of aromatic nitrogens is 3. The topological polar surface area (TPSA) is 83.0 Å². The van der Waals surface area contributed by atoms with Crippen LogP contribution in [-0.2, 0) is 0 Å². The summed E-state index contributed by atoms with van der Waals surface area (Å²) in [6.45, 7) is 6.00. The van der Waals surface area contributed by atoms with E-state index >= 15 is 0 Å². The maximum absolute atomic E-state index is 9.32. The first-order chi connectivity index (χ1) is 12.6. The molecular formula is C20H23N5O. The van der Waals surface area contributed by atoms with Crippen molar-refractivity contribution < 1.29 is 5.11 Å². The minimum absolute atomic E-state index is 0.00249. The molecule has 134 valence electrons. The molecule has 0 unspecified atom stereocenters. The fourth-order valence-corrected chi connectivity index (χ4v) is 2.65. The van der Waals surface area contributed by atoms with Crippen molar-refractivity contribution in [3.05, 3.63) is 59.9 Å². The van der Waals surface area contributed by atoms with Crippen molar-refractivity contribution in [3.63, 3.8) is 0 Å². The van der Waals surface area contributed by atoms with Gasteiger partial charge in [0, 0.05) is 35.8 Å². The van der Waals surface area contributed by atoms with Crippen LogP contribution in [0.5, 0.6) is 0 Å². The summed E-state index contributed by atoms with van der Waals surface area (Å²) >= 11 is 0. The minimum Gasteiger partial charge on any atom is -0.394 e. The molecule has 0 saturated carbocycles. The van der Waals surface area contributed by atoms with Crippen molar-refractivity contribution in [2.24, 2.45) is 0 Å². The van der Waals surface area contributed by atoms with Crippen LogP contribution in [0.3, 0.4) is 0 Å². The number of anilines is 3. The lowest BCUT2D eigenvalue weighted by Crippen LogP contribution is -2.21. The number of hydrogen-bond donors (Lipinski definition) is 3. The SMILES string of the molecule is Cc1cccc(C)c1Nc1cc(-c2ccncc2)nc(N[C@@H](C)CO)n1. The normalized spacial score (nSPS) is 11.8. The van der Waals surface area contributed by atoms with Gasteiger partial charge in [-0.1, -0.05) is 18.2 Å². The van der Waals surface area contributed by atoms with Crippen molar-refractivity contribution in [2.45, 2.75) is 26.8 Å². The number of rotatable bonds is 6. The van der Waals surface area contributed by atoms with Crippen LogP contribution in [0.25, 0.3) is 11.3 Å². The number of hydrogen-bond acceptors (Lipinski definition) is 6. The number of nitrogens with one attached hydrogen (secondary N) is 2. The first-order valence-electron chi connectivity index (χ1n) is 8.57. The lowest BCUT2D eigenvalue weighted by atomic mass is 10.1. The van der Waals surface area contributed by atoms with Gasteiger partial charge >= 0.3 is 0 Å². The van der Waals surface area contributed by atoms with Gasteiger partial charge in [0.1, 0.15) is 5.82 Å². The van der Waals surface area contributed by atoms with E-state index in [0.717, 1.165) is 28.1 Å². The third kappa shape index (κ3) is 4.15. The molecule has 0 amide bonds. The maximum Gasteiger partial charge on any atom is 0.225 e. The molecule has 6 nitrogen and oxygen atoms in total. The quantitative estimate of drug-likeness (QED) is 0.629. The number of aryl methyl sites for hydroxylation is 2. The molecule has 26 heavy (non-hydrogen) atoms. The summed E-state index contributed by atoms with van der Waals surface area (Å²) in [4.78, 5) is 13.2. The molecule has 0 fully saturated rings. The molecule has 0 aliphatic rings. The molecule has 0 aliphatic carbocycles. The van der Waals surface area contributed by atoms with Crippen LogP contribution in [0.4, 0.5) is 17.5 Å². The Morgan fingerprint density at radius 1 is 1.04 bits per heavy atom. The zero-order chi connectivity index (χ0) is 18.5. The predicted octanol–water partition coefficient (Wildman–Crippen LogP) is 3.69. The van der Waals surface area contributed by atoms with Gasteiger partial charge in [0.15, 0.2) is 0 Å². The summed E-state index contributed by atoms with van der Waals surface area (Å²) < 4.78 is 0. The molecule has 0 saturated heterocycles. The largest absolute Gasteiger partial charge is 0.394 e. The smallest absolute Gasteiger partial charge is 0.225 e. The van der Waals surface area contributed by atoms with Crippen LogP contribution in [0.15, 0.2) is 48.8 Å². The van der Waals surface area contributed by atoms with Crippen LogP contribution >= 0.6 is 0 Å². The Bertz CT molecular complexity index is 862. The summed E-state index contributed by atoms with van der Waals surface area (Å²) in [5.74, 6) is 1.16. The van der Waals surface area contributed by atoms with E-state index in [9.17, 15) is 5.11 Å². The van der Waals surface area contributed by atoms with E-state index in [1.165, 1.54) is 0 Å². The lowest BCUT2D eigenvalue weighted by molar-refractivity contribution is 0.281. The highest BCUT2D eigenvalue weighted by Crippen LogP contribution is 2.27. The van der Waals surface area contributed by atoms with Crippen LogP contribution in [0.1, 0.15) is 18.1 Å². The highest BCUT2D eigenvalue weighted by molar-refractivity contribution is 5.69. The van der Waals surface area contributed by atoms with Crippen molar-refractivity contribution in [1.82, 2.24) is 15.0 Å². The Hall–Kier alpha value is -2.99. The molecule has 3 aromatic rings. The van der Waals surface area contributed by atoms with Gasteiger partial charge in [0.2, 0.25) is 5.95 Å². The first-order valence-corrected chi connectivity index (χ1v) is 8.57. The van der Waals surface area contributed by atoms with Crippen LogP contribution in [0, 0.1) is 13.8 Å². The van der Waals surface area contributed by atoms with Gasteiger partial charge in [0.05, 0.1) is 12.3 Å². The number of nitrogens with zero attached hydrogens (tertiary/aromatic N) is 3. The standard InChI is InChI=1S/C20H23N5O/c1-13-5-4-6-14(2)19(13)24-18-11-17(16-7-9-21-10-8-16)23-20(25-18)22-15(3)12-26/h4-11,15,26H,12H2,1-3H3,(H2,22,23,24,25)/t15-/m0/s1. The summed E-state index contributed by atoms with van der Waals surface area (Å²) in [6, 6.07) is 11.7. The summed E-state index contributed by atoms with van der Waals surface area (Å²) in [7, 11) is 0. The second kappa shape index (κ2) is 7.93. The molecule has 1 aromatic carbocycles. The van der Waals surface area contributed by atoms with Gasteiger partial charge < -0.3 is 15.7 Å². The first kappa shape index (κ1) is 17.8. The second-order valence-corrected chi connectivity index (χ2v) is 6.32. The molecule has 2 aromatic heterocycles. The van der Waals surface area contributed by atoms with Gasteiger partial charge in [-0.25, -0.2) is 4.98 Å². The minimum atomic E-state index is -0.143.